The summed E-state index contributed by atoms with van der Waals surface area (Å²) in [4.78, 5) is 5.48. The molecule has 3 rings (SSSR count). The van der Waals surface area contributed by atoms with Crippen LogP contribution >= 0.6 is 11.3 Å². The van der Waals surface area contributed by atoms with Gasteiger partial charge in [0.15, 0.2) is 0 Å². The van der Waals surface area contributed by atoms with E-state index in [1.165, 1.54) is 16.0 Å². The third-order valence-corrected chi connectivity index (χ3v) is 4.73. The summed E-state index contributed by atoms with van der Waals surface area (Å²) >= 11 is 1.81. The van der Waals surface area contributed by atoms with Crippen LogP contribution in [-0.4, -0.2) is 9.55 Å². The van der Waals surface area contributed by atoms with Gasteiger partial charge >= 0.3 is 0 Å². The van der Waals surface area contributed by atoms with E-state index in [4.69, 9.17) is 0 Å². The van der Waals surface area contributed by atoms with Crippen molar-refractivity contribution in [3.05, 3.63) is 70.4 Å². The molecule has 0 bridgehead atoms. The van der Waals surface area contributed by atoms with Crippen LogP contribution in [0.1, 0.15) is 29.0 Å². The molecule has 3 nitrogen and oxygen atoms in total. The van der Waals surface area contributed by atoms with Crippen molar-refractivity contribution in [2.24, 2.45) is 0 Å². The fraction of sp³-hybridized carbons (Fsp3) is 0.235. The topological polar surface area (TPSA) is 29.9 Å². The summed E-state index contributed by atoms with van der Waals surface area (Å²) in [6, 6.07) is 11.1. The van der Waals surface area contributed by atoms with E-state index in [-0.39, 0.29) is 0 Å². The Bertz CT molecular complexity index is 700. The molecular formula is C17H19N3S. The fourth-order valence-corrected chi connectivity index (χ4v) is 3.43. The molecule has 1 N–H and O–H groups in total. The smallest absolute Gasteiger partial charge is 0.0949 e. The zero-order valence-electron chi connectivity index (χ0n) is 12.3. The van der Waals surface area contributed by atoms with Gasteiger partial charge in [0.25, 0.3) is 0 Å². The average Bonchev–Trinajstić information content (AvgIpc) is 3.10. The van der Waals surface area contributed by atoms with E-state index in [1.807, 2.05) is 30.1 Å². The highest BCUT2D eigenvalue weighted by atomic mass is 32.1. The molecule has 0 aliphatic carbocycles. The minimum absolute atomic E-state index is 0.327. The molecule has 2 aromatic heterocycles. The van der Waals surface area contributed by atoms with Gasteiger partial charge in [-0.2, -0.15) is 0 Å². The number of nitrogens with zero attached hydrogens (tertiary/aromatic N) is 2. The monoisotopic (exact) mass is 297 g/mol. The first-order valence-corrected chi connectivity index (χ1v) is 7.95. The molecule has 21 heavy (non-hydrogen) atoms. The summed E-state index contributed by atoms with van der Waals surface area (Å²) in [7, 11) is 0. The molecule has 4 heteroatoms. The lowest BCUT2D eigenvalue weighted by Crippen LogP contribution is -2.06. The fourth-order valence-electron chi connectivity index (χ4n) is 2.49. The second kappa shape index (κ2) is 6.14. The normalized spacial score (nSPS) is 12.3. The van der Waals surface area contributed by atoms with E-state index in [1.54, 1.807) is 0 Å². The van der Waals surface area contributed by atoms with Crippen molar-refractivity contribution in [2.45, 2.75) is 26.4 Å². The van der Waals surface area contributed by atoms with Gasteiger partial charge in [-0.05, 0) is 48.6 Å². The minimum atomic E-state index is 0.327. The summed E-state index contributed by atoms with van der Waals surface area (Å²) in [5.74, 6) is 0. The first-order valence-electron chi connectivity index (χ1n) is 7.07. The van der Waals surface area contributed by atoms with E-state index in [0.29, 0.717) is 6.04 Å². The highest BCUT2D eigenvalue weighted by Crippen LogP contribution is 2.27. The van der Waals surface area contributed by atoms with Crippen molar-refractivity contribution >= 4 is 17.0 Å². The molecule has 0 spiro atoms. The Balaban J connectivity index is 1.72. The van der Waals surface area contributed by atoms with Crippen molar-refractivity contribution in [1.29, 1.82) is 0 Å². The SMILES string of the molecule is Cc1ccsc1C(C)Nc1cccc(Cn2ccnc2)c1. The van der Waals surface area contributed by atoms with Crippen LogP contribution in [0.25, 0.3) is 0 Å². The Morgan fingerprint density at radius 3 is 2.95 bits per heavy atom. The number of imidazole rings is 1. The first-order chi connectivity index (χ1) is 10.2. The molecule has 0 radical (unpaired) electrons. The summed E-state index contributed by atoms with van der Waals surface area (Å²) in [5.41, 5.74) is 3.79. The zero-order valence-corrected chi connectivity index (χ0v) is 13.1. The average molecular weight is 297 g/mol. The van der Waals surface area contributed by atoms with Crippen molar-refractivity contribution in [3.63, 3.8) is 0 Å². The molecule has 2 heterocycles. The van der Waals surface area contributed by atoms with E-state index in [9.17, 15) is 0 Å². The second-order valence-electron chi connectivity index (χ2n) is 5.27. The molecular weight excluding hydrogens is 278 g/mol. The molecule has 0 amide bonds. The highest BCUT2D eigenvalue weighted by Gasteiger charge is 2.09. The van der Waals surface area contributed by atoms with Gasteiger partial charge in [0.05, 0.1) is 12.4 Å². The molecule has 1 atom stereocenters. The predicted molar refractivity (Wildman–Crippen MR) is 88.9 cm³/mol. The van der Waals surface area contributed by atoms with Crippen molar-refractivity contribution in [1.82, 2.24) is 9.55 Å². The summed E-state index contributed by atoms with van der Waals surface area (Å²) in [6.07, 6.45) is 5.64. The summed E-state index contributed by atoms with van der Waals surface area (Å²) in [6.45, 7) is 5.22. The second-order valence-corrected chi connectivity index (χ2v) is 6.22. The van der Waals surface area contributed by atoms with Crippen LogP contribution in [0.4, 0.5) is 5.69 Å². The van der Waals surface area contributed by atoms with Crippen LogP contribution in [0.5, 0.6) is 0 Å². The van der Waals surface area contributed by atoms with Gasteiger partial charge in [-0.3, -0.25) is 0 Å². The van der Waals surface area contributed by atoms with Gasteiger partial charge in [-0.15, -0.1) is 11.3 Å². The predicted octanol–water partition coefficient (Wildman–Crippen LogP) is 4.47. The third kappa shape index (κ3) is 3.34. The molecule has 3 aromatic rings. The number of aryl methyl sites for hydroxylation is 1. The van der Waals surface area contributed by atoms with E-state index in [0.717, 1.165) is 12.2 Å². The van der Waals surface area contributed by atoms with Gasteiger partial charge in [0.2, 0.25) is 0 Å². The highest BCUT2D eigenvalue weighted by molar-refractivity contribution is 7.10. The Hall–Kier alpha value is -2.07. The number of aromatic nitrogens is 2. The zero-order chi connectivity index (χ0) is 14.7. The van der Waals surface area contributed by atoms with Gasteiger partial charge in [0.1, 0.15) is 0 Å². The Kier molecular flexibility index (Phi) is 4.06. The van der Waals surface area contributed by atoms with Crippen molar-refractivity contribution < 1.29 is 0 Å². The number of thiophene rings is 1. The Morgan fingerprint density at radius 1 is 1.33 bits per heavy atom. The van der Waals surface area contributed by atoms with Gasteiger partial charge in [0, 0.05) is 29.5 Å². The number of rotatable bonds is 5. The Morgan fingerprint density at radius 2 is 2.24 bits per heavy atom. The Labute approximate surface area is 129 Å². The quantitative estimate of drug-likeness (QED) is 0.752. The number of nitrogens with one attached hydrogen (secondary N) is 1. The van der Waals surface area contributed by atoms with Crippen LogP contribution in [0.2, 0.25) is 0 Å². The van der Waals surface area contributed by atoms with Crippen LogP contribution in [0, 0.1) is 6.92 Å². The molecule has 0 aliphatic rings. The lowest BCUT2D eigenvalue weighted by atomic mass is 10.1. The summed E-state index contributed by atoms with van der Waals surface area (Å²) < 4.78 is 2.08. The number of benzene rings is 1. The maximum Gasteiger partial charge on any atom is 0.0949 e. The van der Waals surface area contributed by atoms with E-state index >= 15 is 0 Å². The van der Waals surface area contributed by atoms with Crippen molar-refractivity contribution in [3.8, 4) is 0 Å². The van der Waals surface area contributed by atoms with E-state index < -0.39 is 0 Å². The minimum Gasteiger partial charge on any atom is -0.378 e. The number of hydrogen-bond acceptors (Lipinski definition) is 3. The standard InChI is InChI=1S/C17H19N3S/c1-13-6-9-21-17(13)14(2)19-16-5-3-4-15(10-16)11-20-8-7-18-12-20/h3-10,12,14,19H,11H2,1-2H3. The molecule has 1 aromatic carbocycles. The molecule has 0 saturated carbocycles. The molecule has 0 fully saturated rings. The van der Waals surface area contributed by atoms with Gasteiger partial charge in [-0.1, -0.05) is 12.1 Å². The third-order valence-electron chi connectivity index (χ3n) is 3.53. The van der Waals surface area contributed by atoms with Crippen LogP contribution in [-0.2, 0) is 6.54 Å². The molecule has 1 unspecified atom stereocenters. The van der Waals surface area contributed by atoms with Crippen LogP contribution in [0.3, 0.4) is 0 Å². The van der Waals surface area contributed by atoms with E-state index in [2.05, 4.69) is 64.4 Å². The maximum absolute atomic E-state index is 4.08. The first kappa shape index (κ1) is 13.9. The molecule has 0 saturated heterocycles. The van der Waals surface area contributed by atoms with Gasteiger partial charge in [-0.25, -0.2) is 4.98 Å². The largest absolute Gasteiger partial charge is 0.378 e. The summed E-state index contributed by atoms with van der Waals surface area (Å²) in [5, 5.41) is 5.74. The van der Waals surface area contributed by atoms with Gasteiger partial charge < -0.3 is 9.88 Å². The lowest BCUT2D eigenvalue weighted by molar-refractivity contribution is 0.796. The van der Waals surface area contributed by atoms with Crippen molar-refractivity contribution in [2.75, 3.05) is 5.32 Å². The van der Waals surface area contributed by atoms with Crippen LogP contribution in [0.15, 0.2) is 54.4 Å². The lowest BCUT2D eigenvalue weighted by Gasteiger charge is -2.16. The number of anilines is 1. The molecule has 108 valence electrons. The maximum atomic E-state index is 4.08. The van der Waals surface area contributed by atoms with Crippen LogP contribution < -0.4 is 5.32 Å². The molecule has 0 aliphatic heterocycles. The number of hydrogen-bond donors (Lipinski definition) is 1.